The Labute approximate surface area is 228 Å². The van der Waals surface area contributed by atoms with Crippen LogP contribution in [0.4, 0.5) is 5.69 Å². The minimum Gasteiger partial charge on any atom is -0.507 e. The van der Waals surface area contributed by atoms with E-state index in [1.807, 2.05) is 13.0 Å². The van der Waals surface area contributed by atoms with Crippen LogP contribution in [0, 0.1) is 12.3 Å². The third-order valence-electron chi connectivity index (χ3n) is 7.78. The number of carbonyl (C=O) groups is 2. The lowest BCUT2D eigenvalue weighted by molar-refractivity contribution is 0.0695. The second kappa shape index (κ2) is 13.7. The quantitative estimate of drug-likeness (QED) is 0.221. The number of carboxylic acid groups (broad SMARTS) is 1. The Morgan fingerprint density at radius 2 is 1.66 bits per heavy atom. The van der Waals surface area contributed by atoms with E-state index >= 15 is 0 Å². The van der Waals surface area contributed by atoms with Crippen molar-refractivity contribution in [1.82, 2.24) is 5.32 Å². The molecule has 0 unspecified atom stereocenters. The van der Waals surface area contributed by atoms with Crippen molar-refractivity contribution in [2.45, 2.75) is 91.9 Å². The Morgan fingerprint density at radius 1 is 1.00 bits per heavy atom. The van der Waals surface area contributed by atoms with Crippen LogP contribution in [0.15, 0.2) is 30.3 Å². The van der Waals surface area contributed by atoms with Crippen molar-refractivity contribution in [1.29, 1.82) is 0 Å². The van der Waals surface area contributed by atoms with Crippen LogP contribution in [0.2, 0.25) is 0 Å². The smallest absolute Gasteiger partial charge is 0.335 e. The number of carbonyl (C=O) groups excluding carboxylic acids is 1. The van der Waals surface area contributed by atoms with Crippen molar-refractivity contribution in [2.75, 3.05) is 24.5 Å². The van der Waals surface area contributed by atoms with Gasteiger partial charge < -0.3 is 20.4 Å². The van der Waals surface area contributed by atoms with E-state index in [1.54, 1.807) is 18.2 Å². The lowest BCUT2D eigenvalue weighted by Crippen LogP contribution is -2.36. The van der Waals surface area contributed by atoms with E-state index in [1.165, 1.54) is 56.7 Å². The predicted octanol–water partition coefficient (Wildman–Crippen LogP) is 6.90. The molecule has 0 saturated carbocycles. The number of phenolic OH excluding ortho intramolecular Hbond substituents is 1. The van der Waals surface area contributed by atoms with E-state index in [0.717, 1.165) is 42.6 Å². The van der Waals surface area contributed by atoms with E-state index < -0.39 is 5.97 Å². The molecule has 6 nitrogen and oxygen atoms in total. The van der Waals surface area contributed by atoms with E-state index in [4.69, 9.17) is 0 Å². The van der Waals surface area contributed by atoms with Gasteiger partial charge in [0.05, 0.1) is 11.1 Å². The highest BCUT2D eigenvalue weighted by atomic mass is 16.4. The van der Waals surface area contributed by atoms with Crippen LogP contribution in [0.3, 0.4) is 0 Å². The number of amides is 1. The van der Waals surface area contributed by atoms with Crippen LogP contribution in [0.25, 0.3) is 0 Å². The Kier molecular flexibility index (Phi) is 10.6. The predicted molar refractivity (Wildman–Crippen MR) is 155 cm³/mol. The van der Waals surface area contributed by atoms with Crippen LogP contribution >= 0.6 is 0 Å². The molecule has 6 heteroatoms. The number of carboxylic acids is 1. The largest absolute Gasteiger partial charge is 0.507 e. The average molecular weight is 523 g/mol. The van der Waals surface area contributed by atoms with Gasteiger partial charge in [0, 0.05) is 25.3 Å². The zero-order valence-corrected chi connectivity index (χ0v) is 23.7. The Balaban J connectivity index is 1.71. The maximum Gasteiger partial charge on any atom is 0.335 e. The molecule has 2 aromatic rings. The highest BCUT2D eigenvalue weighted by Gasteiger charge is 2.30. The van der Waals surface area contributed by atoms with E-state index in [0.29, 0.717) is 18.5 Å². The Hall–Kier alpha value is -3.02. The molecule has 0 fully saturated rings. The van der Waals surface area contributed by atoms with E-state index in [-0.39, 0.29) is 22.6 Å². The fourth-order valence-electron chi connectivity index (χ4n) is 5.56. The number of aromatic hydroxyl groups is 1. The molecular weight excluding hydrogens is 476 g/mol. The molecule has 0 spiro atoms. The van der Waals surface area contributed by atoms with Crippen LogP contribution in [0.5, 0.6) is 5.75 Å². The summed E-state index contributed by atoms with van der Waals surface area (Å²) in [5.74, 6) is -1.24. The summed E-state index contributed by atoms with van der Waals surface area (Å²) in [6.45, 7) is 10.7. The molecule has 2 aromatic carbocycles. The van der Waals surface area contributed by atoms with Gasteiger partial charge in [-0.2, -0.15) is 0 Å². The van der Waals surface area contributed by atoms with Gasteiger partial charge in [-0.15, -0.1) is 0 Å². The summed E-state index contributed by atoms with van der Waals surface area (Å²) in [6, 6.07) is 8.40. The molecule has 0 bridgehead atoms. The number of hydrogen-bond donors (Lipinski definition) is 3. The van der Waals surface area contributed by atoms with Crippen LogP contribution < -0.4 is 10.2 Å². The van der Waals surface area contributed by atoms with E-state index in [9.17, 15) is 19.8 Å². The van der Waals surface area contributed by atoms with E-state index in [2.05, 4.69) is 31.0 Å². The highest BCUT2D eigenvalue weighted by molar-refractivity contribution is 5.96. The SMILES string of the molecule is CCCCCCCCCCN1CCc2cc(C(=O)O)c(C)c(CC(C)(C)CNC(=O)c3ccccc3O)c21. The summed E-state index contributed by atoms with van der Waals surface area (Å²) < 4.78 is 0. The van der Waals surface area contributed by atoms with Crippen molar-refractivity contribution in [3.05, 3.63) is 58.1 Å². The first-order valence-electron chi connectivity index (χ1n) is 14.3. The summed E-state index contributed by atoms with van der Waals surface area (Å²) in [5, 5.41) is 22.9. The van der Waals surface area contributed by atoms with Crippen molar-refractivity contribution in [2.24, 2.45) is 5.41 Å². The minimum absolute atomic E-state index is 0.0396. The first-order chi connectivity index (χ1) is 18.1. The Morgan fingerprint density at radius 3 is 2.32 bits per heavy atom. The average Bonchev–Trinajstić information content (AvgIpc) is 3.28. The van der Waals surface area contributed by atoms with Gasteiger partial charge in [-0.1, -0.05) is 77.8 Å². The second-order valence-electron chi connectivity index (χ2n) is 11.6. The summed E-state index contributed by atoms with van der Waals surface area (Å²) in [4.78, 5) is 27.2. The number of rotatable bonds is 15. The molecule has 0 atom stereocenters. The summed E-state index contributed by atoms with van der Waals surface area (Å²) in [6.07, 6.45) is 11.8. The maximum atomic E-state index is 12.7. The fraction of sp³-hybridized carbons (Fsp3) is 0.562. The number of fused-ring (bicyclic) bond motifs is 1. The molecule has 0 saturated heterocycles. The van der Waals surface area contributed by atoms with Gasteiger partial charge in [0.2, 0.25) is 0 Å². The van der Waals surface area contributed by atoms with Crippen molar-refractivity contribution < 1.29 is 19.8 Å². The lowest BCUT2D eigenvalue weighted by Gasteiger charge is -2.30. The van der Waals surface area contributed by atoms with Crippen molar-refractivity contribution in [3.63, 3.8) is 0 Å². The zero-order valence-electron chi connectivity index (χ0n) is 23.7. The first-order valence-corrected chi connectivity index (χ1v) is 14.3. The monoisotopic (exact) mass is 522 g/mol. The minimum atomic E-state index is -0.890. The molecule has 1 aliphatic rings. The van der Waals surface area contributed by atoms with Crippen LogP contribution in [-0.2, 0) is 12.8 Å². The topological polar surface area (TPSA) is 89.9 Å². The fourth-order valence-corrected chi connectivity index (χ4v) is 5.56. The van der Waals surface area contributed by atoms with Gasteiger partial charge in [0.25, 0.3) is 5.91 Å². The Bertz CT molecular complexity index is 1110. The zero-order chi connectivity index (χ0) is 27.7. The van der Waals surface area contributed by atoms with Gasteiger partial charge in [-0.3, -0.25) is 4.79 Å². The molecule has 0 aliphatic carbocycles. The number of nitrogens with one attached hydrogen (secondary N) is 1. The molecule has 0 aromatic heterocycles. The molecule has 1 amide bonds. The summed E-state index contributed by atoms with van der Waals surface area (Å²) in [7, 11) is 0. The van der Waals surface area contributed by atoms with Gasteiger partial charge in [0.1, 0.15) is 5.75 Å². The number of benzene rings is 2. The summed E-state index contributed by atoms with van der Waals surface area (Å²) in [5.41, 5.74) is 4.54. The molecule has 38 heavy (non-hydrogen) atoms. The van der Waals surface area contributed by atoms with Crippen molar-refractivity contribution in [3.8, 4) is 5.75 Å². The number of unbranched alkanes of at least 4 members (excludes halogenated alkanes) is 7. The van der Waals surface area contributed by atoms with Crippen LogP contribution in [-0.4, -0.2) is 41.7 Å². The third kappa shape index (κ3) is 7.75. The molecule has 3 rings (SSSR count). The number of phenols is 1. The molecule has 3 N–H and O–H groups in total. The number of nitrogens with zero attached hydrogens (tertiary/aromatic N) is 1. The van der Waals surface area contributed by atoms with Gasteiger partial charge in [0.15, 0.2) is 0 Å². The highest BCUT2D eigenvalue weighted by Crippen LogP contribution is 2.39. The first kappa shape index (κ1) is 29.5. The number of para-hydroxylation sites is 1. The molecule has 1 aliphatic heterocycles. The van der Waals surface area contributed by atoms with Gasteiger partial charge >= 0.3 is 5.97 Å². The summed E-state index contributed by atoms with van der Waals surface area (Å²) >= 11 is 0. The molecular formula is C32H46N2O4. The standard InChI is InChI=1S/C32H46N2O4/c1-5-6-7-8-9-10-11-14-18-34-19-17-24-20-26(31(37)38)23(2)27(29(24)34)21-32(3,4)22-33-30(36)25-15-12-13-16-28(25)35/h12-13,15-16,20,35H,5-11,14,17-19,21-22H2,1-4H3,(H,33,36)(H,37,38). The normalized spacial score (nSPS) is 13.0. The maximum absolute atomic E-state index is 12.7. The molecule has 1 heterocycles. The second-order valence-corrected chi connectivity index (χ2v) is 11.6. The third-order valence-corrected chi connectivity index (χ3v) is 7.78. The number of anilines is 1. The lowest BCUT2D eigenvalue weighted by atomic mass is 9.81. The number of hydrogen-bond acceptors (Lipinski definition) is 4. The van der Waals surface area contributed by atoms with Crippen LogP contribution in [0.1, 0.15) is 110 Å². The van der Waals surface area contributed by atoms with Gasteiger partial charge in [-0.25, -0.2) is 4.79 Å². The van der Waals surface area contributed by atoms with Crippen molar-refractivity contribution >= 4 is 17.6 Å². The van der Waals surface area contributed by atoms with Gasteiger partial charge in [-0.05, 0) is 66.5 Å². The number of aromatic carboxylic acids is 1. The molecule has 0 radical (unpaired) electrons. The molecule has 208 valence electrons.